The topological polar surface area (TPSA) is 75.4 Å². The summed E-state index contributed by atoms with van der Waals surface area (Å²) in [5.41, 5.74) is -0.396. The summed E-state index contributed by atoms with van der Waals surface area (Å²) in [5.74, 6) is -0.579. The van der Waals surface area contributed by atoms with Crippen LogP contribution in [0.5, 0.6) is 5.75 Å². The number of aromatic hydroxyl groups is 1. The third-order valence-electron chi connectivity index (χ3n) is 5.46. The Morgan fingerprint density at radius 3 is 2.52 bits per heavy atom. The summed E-state index contributed by atoms with van der Waals surface area (Å²) >= 11 is 9.14. The van der Waals surface area contributed by atoms with Crippen LogP contribution in [0.3, 0.4) is 0 Å². The first-order chi connectivity index (χ1) is 15.5. The Labute approximate surface area is 199 Å². The number of halogens is 5. The van der Waals surface area contributed by atoms with Crippen molar-refractivity contribution < 1.29 is 23.1 Å². The van der Waals surface area contributed by atoms with E-state index in [0.29, 0.717) is 16.9 Å². The molecule has 0 unspecified atom stereocenters. The number of hydrogen-bond acceptors (Lipinski definition) is 4. The summed E-state index contributed by atoms with van der Waals surface area (Å²) in [7, 11) is 0. The van der Waals surface area contributed by atoms with E-state index in [0.717, 1.165) is 6.07 Å². The number of aromatic nitrogens is 2. The summed E-state index contributed by atoms with van der Waals surface area (Å²) in [6, 6.07) is 8.69. The van der Waals surface area contributed by atoms with Crippen molar-refractivity contribution in [2.24, 2.45) is 0 Å². The van der Waals surface area contributed by atoms with Gasteiger partial charge in [-0.3, -0.25) is 14.2 Å². The van der Waals surface area contributed by atoms with Crippen LogP contribution in [0.25, 0.3) is 5.69 Å². The standard InChI is InChI=1S/C22H16BrClF3N3O3/c1-11-8-15-18(28-21(24)30(20(15)33)13-3-5-14(31)6-4-13)10-29(11)19(32)12-2-7-17(23)16(9-12)22(25,26)27/h2-7,9,11,31H,8,10H2,1H3/t11-/m1/s1. The summed E-state index contributed by atoms with van der Waals surface area (Å²) < 4.78 is 40.8. The minimum Gasteiger partial charge on any atom is -0.508 e. The molecule has 1 aromatic heterocycles. The second-order valence-electron chi connectivity index (χ2n) is 7.64. The molecular formula is C22H16BrClF3N3O3. The molecule has 6 nitrogen and oxygen atoms in total. The fourth-order valence-electron chi connectivity index (χ4n) is 3.77. The maximum Gasteiger partial charge on any atom is 0.417 e. The fraction of sp³-hybridized carbons (Fsp3) is 0.227. The molecule has 1 aliphatic rings. The predicted molar refractivity (Wildman–Crippen MR) is 119 cm³/mol. The summed E-state index contributed by atoms with van der Waals surface area (Å²) in [6.45, 7) is 1.64. The highest BCUT2D eigenvalue weighted by molar-refractivity contribution is 9.10. The predicted octanol–water partition coefficient (Wildman–Crippen LogP) is 4.96. The molecule has 1 atom stereocenters. The normalized spacial score (nSPS) is 15.9. The van der Waals surface area contributed by atoms with Crippen molar-refractivity contribution in [2.45, 2.75) is 32.1 Å². The number of alkyl halides is 3. The van der Waals surface area contributed by atoms with E-state index < -0.39 is 29.2 Å². The largest absolute Gasteiger partial charge is 0.508 e. The molecule has 2 heterocycles. The molecule has 0 fully saturated rings. The molecule has 0 spiro atoms. The molecule has 3 aromatic rings. The fourth-order valence-corrected chi connectivity index (χ4v) is 4.52. The van der Waals surface area contributed by atoms with Crippen LogP contribution >= 0.6 is 27.5 Å². The minimum atomic E-state index is -4.62. The Hall–Kier alpha value is -2.85. The lowest BCUT2D eigenvalue weighted by molar-refractivity contribution is -0.138. The zero-order valence-electron chi connectivity index (χ0n) is 17.0. The van der Waals surface area contributed by atoms with Crippen molar-refractivity contribution in [3.8, 4) is 11.4 Å². The van der Waals surface area contributed by atoms with Gasteiger partial charge in [0.25, 0.3) is 11.5 Å². The first kappa shape index (κ1) is 23.3. The lowest BCUT2D eigenvalue weighted by atomic mass is 9.98. The molecule has 0 saturated heterocycles. The monoisotopic (exact) mass is 541 g/mol. The molecule has 2 aromatic carbocycles. The smallest absolute Gasteiger partial charge is 0.417 e. The molecule has 0 radical (unpaired) electrons. The number of phenolic OH excluding ortho intramolecular Hbond substituents is 1. The molecule has 172 valence electrons. The van der Waals surface area contributed by atoms with E-state index >= 15 is 0 Å². The average molecular weight is 543 g/mol. The molecular weight excluding hydrogens is 527 g/mol. The van der Waals surface area contributed by atoms with Gasteiger partial charge in [0.1, 0.15) is 5.75 Å². The Balaban J connectivity index is 1.70. The van der Waals surface area contributed by atoms with E-state index in [1.807, 2.05) is 0 Å². The molecule has 0 bridgehead atoms. The van der Waals surface area contributed by atoms with Crippen LogP contribution in [0.1, 0.15) is 34.1 Å². The van der Waals surface area contributed by atoms with Crippen LogP contribution < -0.4 is 5.56 Å². The van der Waals surface area contributed by atoms with Gasteiger partial charge in [0, 0.05) is 21.6 Å². The Morgan fingerprint density at radius 2 is 1.88 bits per heavy atom. The number of rotatable bonds is 2. The Morgan fingerprint density at radius 1 is 1.21 bits per heavy atom. The van der Waals surface area contributed by atoms with Gasteiger partial charge in [0.15, 0.2) is 0 Å². The van der Waals surface area contributed by atoms with Gasteiger partial charge in [0.2, 0.25) is 5.28 Å². The number of fused-ring (bicyclic) bond motifs is 1. The van der Waals surface area contributed by atoms with Crippen LogP contribution in [0.15, 0.2) is 51.7 Å². The highest BCUT2D eigenvalue weighted by atomic mass is 79.9. The number of amides is 1. The maximum atomic E-state index is 13.3. The zero-order chi connectivity index (χ0) is 24.1. The van der Waals surface area contributed by atoms with Gasteiger partial charge in [-0.25, -0.2) is 4.98 Å². The van der Waals surface area contributed by atoms with E-state index in [-0.39, 0.29) is 34.0 Å². The van der Waals surface area contributed by atoms with Crippen molar-refractivity contribution in [1.82, 2.24) is 14.5 Å². The Kier molecular flexibility index (Phi) is 6.00. The summed E-state index contributed by atoms with van der Waals surface area (Å²) in [4.78, 5) is 31.9. The summed E-state index contributed by atoms with van der Waals surface area (Å²) in [6.07, 6.45) is -4.46. The third kappa shape index (κ3) is 4.37. The molecule has 1 amide bonds. The number of phenols is 1. The molecule has 33 heavy (non-hydrogen) atoms. The number of benzene rings is 2. The van der Waals surface area contributed by atoms with Crippen LogP contribution in [0, 0.1) is 0 Å². The first-order valence-corrected chi connectivity index (χ1v) is 10.9. The lowest BCUT2D eigenvalue weighted by Crippen LogP contribution is -2.45. The van der Waals surface area contributed by atoms with E-state index in [1.165, 1.54) is 45.9 Å². The number of carbonyl (C=O) groups is 1. The SMILES string of the molecule is C[C@@H]1Cc2c(nc(Cl)n(-c3ccc(O)cc3)c2=O)CN1C(=O)c1ccc(Br)c(C(F)(F)F)c1. The molecule has 1 N–H and O–H groups in total. The van der Waals surface area contributed by atoms with Gasteiger partial charge in [0.05, 0.1) is 23.5 Å². The quantitative estimate of drug-likeness (QED) is 0.465. The van der Waals surface area contributed by atoms with Crippen molar-refractivity contribution >= 4 is 33.4 Å². The maximum absolute atomic E-state index is 13.3. The number of hydrogen-bond donors (Lipinski definition) is 1. The van der Waals surface area contributed by atoms with Crippen molar-refractivity contribution in [1.29, 1.82) is 0 Å². The first-order valence-electron chi connectivity index (χ1n) is 9.74. The average Bonchev–Trinajstić information content (AvgIpc) is 2.74. The van der Waals surface area contributed by atoms with Gasteiger partial charge < -0.3 is 10.0 Å². The van der Waals surface area contributed by atoms with Gasteiger partial charge >= 0.3 is 6.18 Å². The third-order valence-corrected chi connectivity index (χ3v) is 6.41. The van der Waals surface area contributed by atoms with Crippen LogP contribution in [0.4, 0.5) is 13.2 Å². The number of nitrogens with zero attached hydrogens (tertiary/aromatic N) is 3. The summed E-state index contributed by atoms with van der Waals surface area (Å²) in [5, 5.41) is 9.35. The molecule has 1 aliphatic heterocycles. The van der Waals surface area contributed by atoms with Gasteiger partial charge in [-0.1, -0.05) is 15.9 Å². The van der Waals surface area contributed by atoms with Crippen molar-refractivity contribution in [3.05, 3.63) is 85.0 Å². The zero-order valence-corrected chi connectivity index (χ0v) is 19.4. The highest BCUT2D eigenvalue weighted by Gasteiger charge is 2.36. The van der Waals surface area contributed by atoms with E-state index in [1.54, 1.807) is 6.92 Å². The molecule has 0 saturated carbocycles. The van der Waals surface area contributed by atoms with Crippen LogP contribution in [-0.4, -0.2) is 31.5 Å². The van der Waals surface area contributed by atoms with Gasteiger partial charge in [-0.05, 0) is 67.4 Å². The van der Waals surface area contributed by atoms with Gasteiger partial charge in [-0.15, -0.1) is 0 Å². The molecule has 4 rings (SSSR count). The van der Waals surface area contributed by atoms with Crippen molar-refractivity contribution in [2.75, 3.05) is 0 Å². The highest BCUT2D eigenvalue weighted by Crippen LogP contribution is 2.36. The van der Waals surface area contributed by atoms with Gasteiger partial charge in [-0.2, -0.15) is 13.2 Å². The second kappa shape index (κ2) is 8.49. The van der Waals surface area contributed by atoms with E-state index in [2.05, 4.69) is 20.9 Å². The lowest BCUT2D eigenvalue weighted by Gasteiger charge is -2.34. The van der Waals surface area contributed by atoms with E-state index in [4.69, 9.17) is 11.6 Å². The molecule has 0 aliphatic carbocycles. The van der Waals surface area contributed by atoms with Crippen molar-refractivity contribution in [3.63, 3.8) is 0 Å². The van der Waals surface area contributed by atoms with Crippen LogP contribution in [0.2, 0.25) is 5.28 Å². The Bertz CT molecular complexity index is 1310. The van der Waals surface area contributed by atoms with Crippen LogP contribution in [-0.2, 0) is 19.1 Å². The second-order valence-corrected chi connectivity index (χ2v) is 8.83. The molecule has 11 heteroatoms. The minimum absolute atomic E-state index is 0.0261. The number of carbonyl (C=O) groups excluding carboxylic acids is 1. The van der Waals surface area contributed by atoms with E-state index in [9.17, 15) is 27.9 Å².